The number of alkyl halides is 1. The van der Waals surface area contributed by atoms with Gasteiger partial charge in [0.1, 0.15) is 0 Å². The number of rotatable bonds is 0. The molecule has 2 atom stereocenters. The van der Waals surface area contributed by atoms with Crippen LogP contribution in [0.2, 0.25) is 0 Å². The van der Waals surface area contributed by atoms with Crippen LogP contribution in [-0.2, 0) is 0 Å². The van der Waals surface area contributed by atoms with E-state index in [1.165, 1.54) is 6.42 Å². The van der Waals surface area contributed by atoms with Crippen LogP contribution in [0, 0.1) is 11.3 Å². The highest BCUT2D eigenvalue weighted by molar-refractivity contribution is 9.10. The molecule has 0 amide bonds. The Kier molecular flexibility index (Phi) is 1.60. The molecule has 0 spiro atoms. The number of hydrogen-bond donors (Lipinski definition) is 1. The van der Waals surface area contributed by atoms with Crippen LogP contribution in [0.4, 0.5) is 0 Å². The van der Waals surface area contributed by atoms with Gasteiger partial charge in [-0.2, -0.15) is 0 Å². The Morgan fingerprint density at radius 1 is 1.58 bits per heavy atom. The van der Waals surface area contributed by atoms with E-state index in [4.69, 9.17) is 5.21 Å². The molecule has 0 aliphatic heterocycles. The summed E-state index contributed by atoms with van der Waals surface area (Å²) in [6.45, 7) is 4.35. The van der Waals surface area contributed by atoms with E-state index < -0.39 is 0 Å². The van der Waals surface area contributed by atoms with E-state index in [2.05, 4.69) is 34.9 Å². The summed E-state index contributed by atoms with van der Waals surface area (Å²) >= 11 is 3.70. The largest absolute Gasteiger partial charge is 0.411 e. The second-order valence-electron chi connectivity index (χ2n) is 4.58. The molecule has 2 aliphatic carbocycles. The molecule has 68 valence electrons. The first kappa shape index (κ1) is 8.54. The SMILES string of the molecule is CC1(C)/C(=N\O)[C@]2(Br)CC[C@@H]1C2. The van der Waals surface area contributed by atoms with Gasteiger partial charge in [-0.25, -0.2) is 0 Å². The summed E-state index contributed by atoms with van der Waals surface area (Å²) in [6, 6.07) is 0. The highest BCUT2D eigenvalue weighted by Crippen LogP contribution is 2.59. The van der Waals surface area contributed by atoms with Crippen LogP contribution in [0.5, 0.6) is 0 Å². The predicted molar refractivity (Wildman–Crippen MR) is 52.0 cm³/mol. The minimum atomic E-state index is 0.0237. The standard InChI is InChI=1S/C9H14BrNO/c1-8(2)6-3-4-9(10,5-6)7(8)11-12/h6,12H,3-5H2,1-2H3/b11-7+/t6-,9+/m1/s1. The lowest BCUT2D eigenvalue weighted by molar-refractivity contribution is 0.286. The van der Waals surface area contributed by atoms with Crippen LogP contribution in [0.3, 0.4) is 0 Å². The van der Waals surface area contributed by atoms with Gasteiger partial charge in [0.05, 0.1) is 10.0 Å². The first-order chi connectivity index (χ1) is 5.50. The summed E-state index contributed by atoms with van der Waals surface area (Å²) in [7, 11) is 0. The van der Waals surface area contributed by atoms with Crippen LogP contribution in [0.25, 0.3) is 0 Å². The number of oxime groups is 1. The first-order valence-electron chi connectivity index (χ1n) is 4.42. The summed E-state index contributed by atoms with van der Waals surface area (Å²) in [5, 5.41) is 12.4. The van der Waals surface area contributed by atoms with Gasteiger partial charge in [0, 0.05) is 5.41 Å². The lowest BCUT2D eigenvalue weighted by Gasteiger charge is -2.32. The zero-order valence-corrected chi connectivity index (χ0v) is 9.06. The minimum absolute atomic E-state index is 0.0237. The van der Waals surface area contributed by atoms with E-state index in [1.807, 2.05) is 0 Å². The molecule has 12 heavy (non-hydrogen) atoms. The van der Waals surface area contributed by atoms with Crippen molar-refractivity contribution in [3.63, 3.8) is 0 Å². The van der Waals surface area contributed by atoms with Crippen molar-refractivity contribution < 1.29 is 5.21 Å². The van der Waals surface area contributed by atoms with E-state index in [0.717, 1.165) is 18.6 Å². The third-order valence-corrected chi connectivity index (χ3v) is 4.71. The van der Waals surface area contributed by atoms with Gasteiger partial charge in [-0.15, -0.1) is 0 Å². The van der Waals surface area contributed by atoms with Crippen LogP contribution in [0.15, 0.2) is 5.16 Å². The highest BCUT2D eigenvalue weighted by atomic mass is 79.9. The van der Waals surface area contributed by atoms with E-state index in [-0.39, 0.29) is 9.74 Å². The molecular weight excluding hydrogens is 218 g/mol. The van der Waals surface area contributed by atoms with Crippen LogP contribution < -0.4 is 0 Å². The van der Waals surface area contributed by atoms with Crippen molar-refractivity contribution in [1.29, 1.82) is 0 Å². The van der Waals surface area contributed by atoms with Crippen molar-refractivity contribution in [2.75, 3.05) is 0 Å². The summed E-state index contributed by atoms with van der Waals surface area (Å²) < 4.78 is 0.0237. The molecule has 0 aromatic carbocycles. The normalized spacial score (nSPS) is 47.2. The van der Waals surface area contributed by atoms with Crippen LogP contribution >= 0.6 is 15.9 Å². The summed E-state index contributed by atoms with van der Waals surface area (Å²) in [5.41, 5.74) is 1.04. The third kappa shape index (κ3) is 0.832. The zero-order chi connectivity index (χ0) is 8.98. The van der Waals surface area contributed by atoms with Gasteiger partial charge in [-0.3, -0.25) is 0 Å². The highest BCUT2D eigenvalue weighted by Gasteiger charge is 2.59. The predicted octanol–water partition coefficient (Wildman–Crippen LogP) is 2.79. The molecule has 2 fully saturated rings. The van der Waals surface area contributed by atoms with Crippen molar-refractivity contribution in [3.8, 4) is 0 Å². The fourth-order valence-electron chi connectivity index (χ4n) is 2.82. The zero-order valence-electron chi connectivity index (χ0n) is 7.47. The Labute approximate surface area is 81.2 Å². The molecule has 0 radical (unpaired) electrons. The molecule has 2 nitrogen and oxygen atoms in total. The Morgan fingerprint density at radius 2 is 2.25 bits per heavy atom. The maximum atomic E-state index is 8.95. The summed E-state index contributed by atoms with van der Waals surface area (Å²) in [5.74, 6) is 0.697. The van der Waals surface area contributed by atoms with Crippen molar-refractivity contribution in [2.45, 2.75) is 37.4 Å². The van der Waals surface area contributed by atoms with Gasteiger partial charge in [-0.1, -0.05) is 34.9 Å². The molecule has 3 heteroatoms. The smallest absolute Gasteiger partial charge is 0.0796 e. The number of nitrogens with zero attached hydrogens (tertiary/aromatic N) is 1. The average molecular weight is 232 g/mol. The number of halogens is 1. The maximum absolute atomic E-state index is 8.95. The fourth-order valence-corrected chi connectivity index (χ4v) is 4.03. The van der Waals surface area contributed by atoms with Gasteiger partial charge >= 0.3 is 0 Å². The minimum Gasteiger partial charge on any atom is -0.411 e. The Morgan fingerprint density at radius 3 is 2.58 bits per heavy atom. The van der Waals surface area contributed by atoms with E-state index in [1.54, 1.807) is 0 Å². The van der Waals surface area contributed by atoms with Gasteiger partial charge < -0.3 is 5.21 Å². The molecule has 2 rings (SSSR count). The maximum Gasteiger partial charge on any atom is 0.0796 e. The lowest BCUT2D eigenvalue weighted by Crippen LogP contribution is -2.37. The molecule has 2 saturated carbocycles. The Bertz CT molecular complexity index is 242. The van der Waals surface area contributed by atoms with Crippen molar-refractivity contribution >= 4 is 21.6 Å². The second kappa shape index (κ2) is 2.25. The van der Waals surface area contributed by atoms with Gasteiger partial charge in [0.2, 0.25) is 0 Å². The third-order valence-electron chi connectivity index (χ3n) is 3.61. The molecule has 2 aliphatic rings. The van der Waals surface area contributed by atoms with Crippen molar-refractivity contribution in [3.05, 3.63) is 0 Å². The summed E-state index contributed by atoms with van der Waals surface area (Å²) in [4.78, 5) is 0. The van der Waals surface area contributed by atoms with E-state index in [9.17, 15) is 0 Å². The molecule has 0 saturated heterocycles. The number of hydrogen-bond acceptors (Lipinski definition) is 2. The number of fused-ring (bicyclic) bond motifs is 2. The molecule has 0 unspecified atom stereocenters. The molecule has 1 N–H and O–H groups in total. The average Bonchev–Trinajstić information content (AvgIpc) is 2.39. The molecule has 0 aromatic rings. The van der Waals surface area contributed by atoms with Gasteiger partial charge in [0.15, 0.2) is 0 Å². The monoisotopic (exact) mass is 231 g/mol. The lowest BCUT2D eigenvalue weighted by atomic mass is 9.75. The Balaban J connectivity index is 2.45. The fraction of sp³-hybridized carbons (Fsp3) is 0.889. The molecular formula is C9H14BrNO. The molecule has 0 heterocycles. The topological polar surface area (TPSA) is 32.6 Å². The Hall–Kier alpha value is -0.0500. The summed E-state index contributed by atoms with van der Waals surface area (Å²) in [6.07, 6.45) is 3.52. The second-order valence-corrected chi connectivity index (χ2v) is 6.09. The first-order valence-corrected chi connectivity index (χ1v) is 5.22. The van der Waals surface area contributed by atoms with Gasteiger partial charge in [0.25, 0.3) is 0 Å². The van der Waals surface area contributed by atoms with Crippen molar-refractivity contribution in [2.24, 2.45) is 16.5 Å². The quantitative estimate of drug-likeness (QED) is 0.388. The van der Waals surface area contributed by atoms with Crippen LogP contribution in [0.1, 0.15) is 33.1 Å². The molecule has 0 aromatic heterocycles. The van der Waals surface area contributed by atoms with Crippen LogP contribution in [-0.4, -0.2) is 15.2 Å². The van der Waals surface area contributed by atoms with E-state index in [0.29, 0.717) is 5.92 Å². The van der Waals surface area contributed by atoms with Gasteiger partial charge in [-0.05, 0) is 25.2 Å². The van der Waals surface area contributed by atoms with E-state index >= 15 is 0 Å². The molecule has 2 bridgehead atoms. The van der Waals surface area contributed by atoms with Crippen molar-refractivity contribution in [1.82, 2.24) is 0 Å².